The zero-order chi connectivity index (χ0) is 15.1. The van der Waals surface area contributed by atoms with Crippen molar-refractivity contribution in [2.75, 3.05) is 4.90 Å². The zero-order valence-electron chi connectivity index (χ0n) is 13.7. The number of hydrogen-bond acceptors (Lipinski definition) is 1. The van der Waals surface area contributed by atoms with Crippen LogP contribution in [0.2, 0.25) is 0 Å². The summed E-state index contributed by atoms with van der Waals surface area (Å²) in [4.78, 5) is 2.75. The van der Waals surface area contributed by atoms with Crippen LogP contribution in [0.3, 0.4) is 0 Å². The highest BCUT2D eigenvalue weighted by atomic mass is 15.3. The van der Waals surface area contributed by atoms with Crippen LogP contribution in [0.15, 0.2) is 36.7 Å². The highest BCUT2D eigenvalue weighted by Crippen LogP contribution is 2.66. The summed E-state index contributed by atoms with van der Waals surface area (Å²) in [7, 11) is 4.41. The van der Waals surface area contributed by atoms with E-state index in [1.54, 1.807) is 11.3 Å². The second-order valence-corrected chi connectivity index (χ2v) is 7.59. The fourth-order valence-corrected chi connectivity index (χ4v) is 5.92. The van der Waals surface area contributed by atoms with Crippen molar-refractivity contribution in [2.45, 2.75) is 49.6 Å². The predicted octanol–water partition coefficient (Wildman–Crippen LogP) is 2.78. The number of aromatic nitrogens is 2. The molecule has 1 saturated carbocycles. The second kappa shape index (κ2) is 3.76. The first-order valence-electron chi connectivity index (χ1n) is 8.50. The molecule has 3 nitrogen and oxygen atoms in total. The van der Waals surface area contributed by atoms with Gasteiger partial charge < -0.3 is 4.57 Å². The second-order valence-electron chi connectivity index (χ2n) is 7.59. The highest BCUT2D eigenvalue weighted by Gasteiger charge is 2.70. The van der Waals surface area contributed by atoms with Crippen LogP contribution in [-0.2, 0) is 25.0 Å². The third-order valence-corrected chi connectivity index (χ3v) is 6.94. The van der Waals surface area contributed by atoms with Gasteiger partial charge in [-0.05, 0) is 50.3 Å². The van der Waals surface area contributed by atoms with E-state index in [1.807, 2.05) is 0 Å². The Morgan fingerprint density at radius 2 is 1.91 bits per heavy atom. The van der Waals surface area contributed by atoms with Crippen LogP contribution in [0.5, 0.6) is 0 Å². The Kier molecular flexibility index (Phi) is 2.18. The van der Waals surface area contributed by atoms with Crippen LogP contribution in [0.1, 0.15) is 43.9 Å². The number of hydrogen-bond donors (Lipinski definition) is 0. The first kappa shape index (κ1) is 12.7. The number of rotatable bonds is 1. The first-order valence-corrected chi connectivity index (χ1v) is 8.50. The largest absolute Gasteiger partial charge is 0.350 e. The molecule has 5 heterocycles. The van der Waals surface area contributed by atoms with Crippen LogP contribution in [0.4, 0.5) is 5.82 Å². The van der Waals surface area contributed by atoms with Gasteiger partial charge in [0.05, 0.1) is 18.9 Å². The molecule has 3 aliphatic carbocycles. The third kappa shape index (κ3) is 1.16. The van der Waals surface area contributed by atoms with E-state index in [0.29, 0.717) is 11.5 Å². The molecule has 114 valence electrons. The maximum atomic E-state index is 2.75. The van der Waals surface area contributed by atoms with E-state index < -0.39 is 0 Å². The summed E-state index contributed by atoms with van der Waals surface area (Å²) in [6.45, 7) is 2.45. The molecule has 2 aromatic rings. The molecule has 0 aromatic carbocycles. The van der Waals surface area contributed by atoms with Crippen LogP contribution in [-0.4, -0.2) is 10.6 Å². The van der Waals surface area contributed by atoms with Crippen molar-refractivity contribution >= 4 is 5.82 Å². The Morgan fingerprint density at radius 3 is 2.64 bits per heavy atom. The van der Waals surface area contributed by atoms with Crippen LogP contribution in [0, 0.1) is 0 Å². The fraction of sp³-hybridized carbons (Fsp3) is 0.526. The molecular weight excluding hydrogens is 270 g/mol. The molecule has 0 spiro atoms. The standard InChI is InChI=1S/C19H24N3/c1-14-18-8-10-19(11-9-18,17-15(18)7-13-21(17)3)22(14)16-6-4-5-12-20(16)2/h4-7,12-14H,8-11H2,1-3H3/q+1. The molecule has 2 bridgehead atoms. The molecule has 0 radical (unpaired) electrons. The number of aryl methyl sites for hydroxylation is 2. The van der Waals surface area contributed by atoms with Crippen LogP contribution < -0.4 is 9.47 Å². The number of nitrogens with zero attached hydrogens (tertiary/aromatic N) is 3. The molecule has 22 heavy (non-hydrogen) atoms. The third-order valence-electron chi connectivity index (χ3n) is 6.94. The minimum absolute atomic E-state index is 0.201. The zero-order valence-corrected chi connectivity index (χ0v) is 13.7. The lowest BCUT2D eigenvalue weighted by atomic mass is 9.48. The minimum Gasteiger partial charge on any atom is -0.350 e. The summed E-state index contributed by atoms with van der Waals surface area (Å²) in [6, 6.07) is 9.58. The maximum Gasteiger partial charge on any atom is 0.277 e. The smallest absolute Gasteiger partial charge is 0.277 e. The van der Waals surface area contributed by atoms with Gasteiger partial charge in [-0.3, -0.25) is 0 Å². The lowest BCUT2D eigenvalue weighted by molar-refractivity contribution is -0.659. The van der Waals surface area contributed by atoms with Gasteiger partial charge in [-0.2, -0.15) is 0 Å². The van der Waals surface area contributed by atoms with Crippen molar-refractivity contribution in [1.82, 2.24) is 4.57 Å². The molecule has 0 N–H and O–H groups in total. The van der Waals surface area contributed by atoms with E-state index in [2.05, 4.69) is 71.7 Å². The Hall–Kier alpha value is -1.77. The topological polar surface area (TPSA) is 12.1 Å². The summed E-state index contributed by atoms with van der Waals surface area (Å²) in [5.41, 5.74) is 3.80. The molecule has 3 heteroatoms. The molecule has 1 unspecified atom stereocenters. The summed E-state index contributed by atoms with van der Waals surface area (Å²) in [5.74, 6) is 1.37. The molecule has 8 rings (SSSR count). The van der Waals surface area contributed by atoms with E-state index in [0.717, 1.165) is 0 Å². The molecule has 3 aliphatic heterocycles. The van der Waals surface area contributed by atoms with E-state index in [-0.39, 0.29) is 5.54 Å². The van der Waals surface area contributed by atoms with Crippen molar-refractivity contribution in [1.29, 1.82) is 0 Å². The average Bonchev–Trinajstić information content (AvgIpc) is 2.95. The fourth-order valence-electron chi connectivity index (χ4n) is 5.92. The van der Waals surface area contributed by atoms with E-state index in [9.17, 15) is 0 Å². The van der Waals surface area contributed by atoms with Crippen molar-refractivity contribution < 1.29 is 4.57 Å². The molecule has 2 aromatic heterocycles. The predicted molar refractivity (Wildman–Crippen MR) is 86.8 cm³/mol. The van der Waals surface area contributed by atoms with E-state index in [4.69, 9.17) is 0 Å². The van der Waals surface area contributed by atoms with Gasteiger partial charge in [-0.15, -0.1) is 0 Å². The van der Waals surface area contributed by atoms with Gasteiger partial charge in [-0.25, -0.2) is 9.47 Å². The van der Waals surface area contributed by atoms with Crippen molar-refractivity contribution in [2.24, 2.45) is 14.1 Å². The molecule has 1 atom stereocenters. The Morgan fingerprint density at radius 1 is 1.14 bits per heavy atom. The molecular formula is C19H24N3+. The van der Waals surface area contributed by atoms with Gasteiger partial charge in [0.25, 0.3) is 5.82 Å². The Balaban J connectivity index is 1.81. The summed E-state index contributed by atoms with van der Waals surface area (Å²) >= 11 is 0. The minimum atomic E-state index is 0.201. The average molecular weight is 294 g/mol. The van der Waals surface area contributed by atoms with E-state index in [1.165, 1.54) is 31.5 Å². The first-order chi connectivity index (χ1) is 10.6. The molecule has 2 saturated heterocycles. The van der Waals surface area contributed by atoms with Gasteiger partial charge in [0.2, 0.25) is 0 Å². The maximum absolute atomic E-state index is 2.75. The van der Waals surface area contributed by atoms with Crippen molar-refractivity contribution in [3.8, 4) is 0 Å². The Bertz CT molecular complexity index is 765. The van der Waals surface area contributed by atoms with Gasteiger partial charge in [-0.1, -0.05) is 6.07 Å². The molecule has 6 aliphatic rings. The quantitative estimate of drug-likeness (QED) is 0.737. The van der Waals surface area contributed by atoms with E-state index >= 15 is 0 Å². The summed E-state index contributed by atoms with van der Waals surface area (Å²) < 4.78 is 4.69. The van der Waals surface area contributed by atoms with Crippen molar-refractivity contribution in [3.63, 3.8) is 0 Å². The van der Waals surface area contributed by atoms with Gasteiger partial charge in [0.15, 0.2) is 0 Å². The number of piperidine rings is 2. The summed E-state index contributed by atoms with van der Waals surface area (Å²) in [6.07, 6.45) is 9.79. The normalized spacial score (nSPS) is 35.0. The SMILES string of the molecule is CC1N(c2cccc[n+]2C)C23CCC1(CC2)c1ccn(C)c13. The number of pyridine rings is 1. The van der Waals surface area contributed by atoms with Gasteiger partial charge >= 0.3 is 0 Å². The number of anilines is 1. The highest BCUT2D eigenvalue weighted by molar-refractivity contribution is 5.58. The monoisotopic (exact) mass is 294 g/mol. The Labute approximate surface area is 132 Å². The lowest BCUT2D eigenvalue weighted by Gasteiger charge is -2.65. The van der Waals surface area contributed by atoms with Crippen molar-refractivity contribution in [3.05, 3.63) is 47.9 Å². The summed E-state index contributed by atoms with van der Waals surface area (Å²) in [5, 5.41) is 0. The van der Waals surface area contributed by atoms with Gasteiger partial charge in [0, 0.05) is 24.7 Å². The molecule has 0 amide bonds. The molecule has 3 fully saturated rings. The van der Waals surface area contributed by atoms with Gasteiger partial charge in [0.1, 0.15) is 11.6 Å². The van der Waals surface area contributed by atoms with Crippen LogP contribution >= 0.6 is 0 Å². The van der Waals surface area contributed by atoms with Crippen LogP contribution in [0.25, 0.3) is 0 Å². The lowest BCUT2D eigenvalue weighted by Crippen LogP contribution is -2.73.